The second kappa shape index (κ2) is 5.50. The number of rotatable bonds is 4. The number of thiophene rings is 1. The van der Waals surface area contributed by atoms with Gasteiger partial charge in [-0.2, -0.15) is 5.26 Å². The van der Waals surface area contributed by atoms with Gasteiger partial charge >= 0.3 is 5.97 Å². The van der Waals surface area contributed by atoms with E-state index in [1.807, 2.05) is 0 Å². The van der Waals surface area contributed by atoms with Crippen LogP contribution in [0.1, 0.15) is 20.8 Å². The standard InChI is InChI=1S/C13H8FNO3S/c14-12-8(5-15)2-1-3-9(12)6-18-10-4-11(13(16)17)19-7-10/h1-4,7H,6H2,(H,16,17). The van der Waals surface area contributed by atoms with Gasteiger partial charge in [0, 0.05) is 17.0 Å². The smallest absolute Gasteiger partial charge is 0.346 e. The van der Waals surface area contributed by atoms with Gasteiger partial charge in [-0.15, -0.1) is 11.3 Å². The van der Waals surface area contributed by atoms with E-state index in [-0.39, 0.29) is 22.6 Å². The number of nitriles is 1. The molecule has 0 radical (unpaired) electrons. The zero-order chi connectivity index (χ0) is 13.8. The van der Waals surface area contributed by atoms with Gasteiger partial charge in [-0.25, -0.2) is 9.18 Å². The van der Waals surface area contributed by atoms with E-state index in [4.69, 9.17) is 15.1 Å². The van der Waals surface area contributed by atoms with Gasteiger partial charge in [0.2, 0.25) is 0 Å². The number of nitrogens with zero attached hydrogens (tertiary/aromatic N) is 1. The average molecular weight is 277 g/mol. The van der Waals surface area contributed by atoms with Crippen molar-refractivity contribution in [2.45, 2.75) is 6.61 Å². The highest BCUT2D eigenvalue weighted by atomic mass is 32.1. The quantitative estimate of drug-likeness (QED) is 0.932. The predicted molar refractivity (Wildman–Crippen MR) is 66.7 cm³/mol. The molecule has 0 aliphatic rings. The SMILES string of the molecule is N#Cc1cccc(COc2csc(C(=O)O)c2)c1F. The average Bonchev–Trinajstić information content (AvgIpc) is 2.86. The molecule has 0 amide bonds. The summed E-state index contributed by atoms with van der Waals surface area (Å²) in [5.41, 5.74) is 0.208. The summed E-state index contributed by atoms with van der Waals surface area (Å²) in [5.74, 6) is -1.28. The fraction of sp³-hybridized carbons (Fsp3) is 0.0769. The molecule has 0 atom stereocenters. The van der Waals surface area contributed by atoms with Crippen molar-refractivity contribution in [3.8, 4) is 11.8 Å². The molecule has 0 unspecified atom stereocenters. The Hall–Kier alpha value is -2.39. The number of aromatic carboxylic acids is 1. The van der Waals surface area contributed by atoms with E-state index >= 15 is 0 Å². The lowest BCUT2D eigenvalue weighted by Crippen LogP contribution is -1.99. The van der Waals surface area contributed by atoms with Gasteiger partial charge in [0.05, 0.1) is 5.56 Å². The maximum atomic E-state index is 13.7. The highest BCUT2D eigenvalue weighted by molar-refractivity contribution is 7.12. The topological polar surface area (TPSA) is 70.3 Å². The third-order valence-corrected chi connectivity index (χ3v) is 3.28. The van der Waals surface area contributed by atoms with Crippen LogP contribution in [-0.4, -0.2) is 11.1 Å². The van der Waals surface area contributed by atoms with E-state index in [2.05, 4.69) is 0 Å². The van der Waals surface area contributed by atoms with Crippen molar-refractivity contribution in [2.75, 3.05) is 0 Å². The molecule has 2 rings (SSSR count). The van der Waals surface area contributed by atoms with Crippen LogP contribution in [0.15, 0.2) is 29.6 Å². The summed E-state index contributed by atoms with van der Waals surface area (Å²) in [4.78, 5) is 10.8. The molecular weight excluding hydrogens is 269 g/mol. The molecule has 6 heteroatoms. The monoisotopic (exact) mass is 277 g/mol. The van der Waals surface area contributed by atoms with Crippen molar-refractivity contribution in [1.82, 2.24) is 0 Å². The number of hydrogen-bond acceptors (Lipinski definition) is 4. The molecule has 19 heavy (non-hydrogen) atoms. The van der Waals surface area contributed by atoms with Crippen LogP contribution in [0.5, 0.6) is 5.75 Å². The summed E-state index contributed by atoms with van der Waals surface area (Å²) in [6.07, 6.45) is 0. The second-order valence-corrected chi connectivity index (χ2v) is 4.54. The van der Waals surface area contributed by atoms with E-state index in [0.717, 1.165) is 11.3 Å². The molecule has 0 bridgehead atoms. The Balaban J connectivity index is 2.10. The molecule has 1 aromatic carbocycles. The molecule has 1 heterocycles. The second-order valence-electron chi connectivity index (χ2n) is 3.63. The minimum atomic E-state index is -1.03. The van der Waals surface area contributed by atoms with Crippen LogP contribution < -0.4 is 4.74 Å². The molecular formula is C13H8FNO3S. The Morgan fingerprint density at radius 1 is 1.53 bits per heavy atom. The van der Waals surface area contributed by atoms with E-state index in [9.17, 15) is 9.18 Å². The highest BCUT2D eigenvalue weighted by Crippen LogP contribution is 2.23. The lowest BCUT2D eigenvalue weighted by Gasteiger charge is -2.05. The maximum Gasteiger partial charge on any atom is 0.346 e. The maximum absolute atomic E-state index is 13.7. The molecule has 96 valence electrons. The fourth-order valence-corrected chi connectivity index (χ4v) is 2.11. The first-order valence-corrected chi connectivity index (χ1v) is 6.12. The van der Waals surface area contributed by atoms with Crippen molar-refractivity contribution in [3.05, 3.63) is 51.5 Å². The van der Waals surface area contributed by atoms with E-state index in [1.54, 1.807) is 12.1 Å². The summed E-state index contributed by atoms with van der Waals surface area (Å²) >= 11 is 1.03. The molecule has 0 spiro atoms. The molecule has 0 saturated carbocycles. The molecule has 0 fully saturated rings. The summed E-state index contributed by atoms with van der Waals surface area (Å²) in [7, 11) is 0. The van der Waals surface area contributed by atoms with Crippen LogP contribution in [-0.2, 0) is 6.61 Å². The van der Waals surface area contributed by atoms with Gasteiger partial charge in [-0.1, -0.05) is 12.1 Å². The molecule has 0 aliphatic heterocycles. The summed E-state index contributed by atoms with van der Waals surface area (Å²) in [6, 6.07) is 7.58. The first-order valence-electron chi connectivity index (χ1n) is 5.24. The molecule has 0 saturated heterocycles. The van der Waals surface area contributed by atoms with Crippen molar-refractivity contribution in [3.63, 3.8) is 0 Å². The van der Waals surface area contributed by atoms with Gasteiger partial charge in [-0.3, -0.25) is 0 Å². The normalized spacial score (nSPS) is 9.89. The molecule has 4 nitrogen and oxygen atoms in total. The Kier molecular flexibility index (Phi) is 3.78. The van der Waals surface area contributed by atoms with Crippen molar-refractivity contribution in [2.24, 2.45) is 0 Å². The number of halogens is 1. The Bertz CT molecular complexity index is 660. The minimum Gasteiger partial charge on any atom is -0.488 e. The van der Waals surface area contributed by atoms with Crippen molar-refractivity contribution >= 4 is 17.3 Å². The Morgan fingerprint density at radius 3 is 2.95 bits per heavy atom. The number of carboxylic acids is 1. The number of hydrogen-bond donors (Lipinski definition) is 1. The lowest BCUT2D eigenvalue weighted by molar-refractivity contribution is 0.0702. The van der Waals surface area contributed by atoms with Gasteiger partial charge < -0.3 is 9.84 Å². The van der Waals surface area contributed by atoms with Gasteiger partial charge in [-0.05, 0) is 6.07 Å². The first kappa shape index (κ1) is 13.1. The zero-order valence-corrected chi connectivity index (χ0v) is 10.4. The minimum absolute atomic E-state index is 0.0438. The zero-order valence-electron chi connectivity index (χ0n) is 9.59. The van der Waals surface area contributed by atoms with Gasteiger partial charge in [0.1, 0.15) is 29.1 Å². The molecule has 1 aromatic heterocycles. The van der Waals surface area contributed by atoms with E-state index in [0.29, 0.717) is 5.75 Å². The molecule has 2 aromatic rings. The summed E-state index contributed by atoms with van der Waals surface area (Å²) in [5, 5.41) is 19.0. The number of benzene rings is 1. The van der Waals surface area contributed by atoms with Crippen LogP contribution in [0.25, 0.3) is 0 Å². The van der Waals surface area contributed by atoms with Crippen LogP contribution >= 0.6 is 11.3 Å². The van der Waals surface area contributed by atoms with Gasteiger partial charge in [0.15, 0.2) is 0 Å². The fourth-order valence-electron chi connectivity index (χ4n) is 1.45. The lowest BCUT2D eigenvalue weighted by atomic mass is 10.1. The highest BCUT2D eigenvalue weighted by Gasteiger charge is 2.10. The largest absolute Gasteiger partial charge is 0.488 e. The summed E-state index contributed by atoms with van der Waals surface area (Å²) in [6.45, 7) is -0.0584. The third-order valence-electron chi connectivity index (χ3n) is 2.38. The number of ether oxygens (including phenoxy) is 1. The Morgan fingerprint density at radius 2 is 2.32 bits per heavy atom. The molecule has 0 aliphatic carbocycles. The molecule has 1 N–H and O–H groups in total. The summed E-state index contributed by atoms with van der Waals surface area (Å²) < 4.78 is 19.0. The Labute approximate surface area is 112 Å². The van der Waals surface area contributed by atoms with E-state index < -0.39 is 11.8 Å². The van der Waals surface area contributed by atoms with Gasteiger partial charge in [0.25, 0.3) is 0 Å². The van der Waals surface area contributed by atoms with Crippen LogP contribution in [0.4, 0.5) is 4.39 Å². The van der Waals surface area contributed by atoms with Crippen LogP contribution in [0.2, 0.25) is 0 Å². The predicted octanol–water partition coefficient (Wildman–Crippen LogP) is 3.04. The van der Waals surface area contributed by atoms with Crippen LogP contribution in [0, 0.1) is 17.1 Å². The third kappa shape index (κ3) is 2.89. The van der Waals surface area contributed by atoms with E-state index in [1.165, 1.54) is 23.6 Å². The van der Waals surface area contributed by atoms with Crippen molar-refractivity contribution in [1.29, 1.82) is 5.26 Å². The first-order chi connectivity index (χ1) is 9.11. The number of carboxylic acid groups (broad SMARTS) is 1. The van der Waals surface area contributed by atoms with Crippen LogP contribution in [0.3, 0.4) is 0 Å². The van der Waals surface area contributed by atoms with Crippen molar-refractivity contribution < 1.29 is 19.0 Å². The number of carbonyl (C=O) groups is 1.